The van der Waals surface area contributed by atoms with Gasteiger partial charge in [0.2, 0.25) is 5.95 Å². The lowest BCUT2D eigenvalue weighted by atomic mass is 9.82. The summed E-state index contributed by atoms with van der Waals surface area (Å²) in [5.41, 5.74) is -0.336. The number of methoxy groups -OCH3 is 1. The van der Waals surface area contributed by atoms with Crippen LogP contribution in [0.4, 0.5) is 19.4 Å². The number of amides is 1. The van der Waals surface area contributed by atoms with Gasteiger partial charge in [-0.1, -0.05) is 36.4 Å². The summed E-state index contributed by atoms with van der Waals surface area (Å²) < 4.78 is 77.1. The van der Waals surface area contributed by atoms with E-state index < -0.39 is 55.8 Å². The van der Waals surface area contributed by atoms with E-state index >= 15 is 4.39 Å². The fourth-order valence-electron chi connectivity index (χ4n) is 6.31. The van der Waals surface area contributed by atoms with E-state index in [0.29, 0.717) is 28.0 Å². The molecule has 5 aromatic rings. The summed E-state index contributed by atoms with van der Waals surface area (Å²) in [6.45, 7) is 8.16. The van der Waals surface area contributed by atoms with Crippen LogP contribution < -0.4 is 14.8 Å². The molecule has 12 nitrogen and oxygen atoms in total. The Morgan fingerprint density at radius 2 is 1.79 bits per heavy atom. The predicted octanol–water partition coefficient (Wildman–Crippen LogP) is 6.03. The second-order valence-electron chi connectivity index (χ2n) is 13.7. The Morgan fingerprint density at radius 3 is 2.44 bits per heavy atom. The Labute approximate surface area is 298 Å². The lowest BCUT2D eigenvalue weighted by Crippen LogP contribution is -2.62. The van der Waals surface area contributed by atoms with Crippen LogP contribution in [-0.4, -0.2) is 59.9 Å². The van der Waals surface area contributed by atoms with Crippen LogP contribution in [0, 0.1) is 18.7 Å². The zero-order chi connectivity index (χ0) is 37.7. The highest BCUT2D eigenvalue weighted by molar-refractivity contribution is 7.92. The number of likely N-dealkylation sites (tertiary alicyclic amines) is 1. The summed E-state index contributed by atoms with van der Waals surface area (Å²) in [6, 6.07) is 16.4. The molecule has 1 aliphatic heterocycles. The monoisotopic (exact) mass is 736 g/mol. The molecule has 0 saturated carbocycles. The van der Waals surface area contributed by atoms with Crippen LogP contribution in [0.5, 0.6) is 5.75 Å². The molecule has 0 aliphatic carbocycles. The number of aromatic nitrogens is 2. The summed E-state index contributed by atoms with van der Waals surface area (Å²) in [4.78, 5) is 30.3. The van der Waals surface area contributed by atoms with Gasteiger partial charge in [-0.05, 0) is 81.1 Å². The quantitative estimate of drug-likeness (QED) is 0.180. The highest BCUT2D eigenvalue weighted by Crippen LogP contribution is 2.39. The molecule has 52 heavy (non-hydrogen) atoms. The average molecular weight is 737 g/mol. The number of carbonyl (C=O) groups is 1. The molecule has 0 unspecified atom stereocenters. The van der Waals surface area contributed by atoms with Gasteiger partial charge in [0.15, 0.2) is 5.58 Å². The number of aliphatic hydroxyl groups is 1. The highest BCUT2D eigenvalue weighted by Gasteiger charge is 2.48. The molecule has 15 heteroatoms. The first-order chi connectivity index (χ1) is 24.4. The summed E-state index contributed by atoms with van der Waals surface area (Å²) in [7, 11) is -3.30. The lowest BCUT2D eigenvalue weighted by molar-refractivity contribution is -0.104. The number of aryl methyl sites for hydroxylation is 1. The largest absolute Gasteiger partial charge is 0.497 e. The van der Waals surface area contributed by atoms with Crippen molar-refractivity contribution in [3.05, 3.63) is 117 Å². The van der Waals surface area contributed by atoms with Gasteiger partial charge in [-0.2, -0.15) is 4.39 Å². The summed E-state index contributed by atoms with van der Waals surface area (Å²) in [5.74, 6) is -2.79. The first-order valence-corrected chi connectivity index (χ1v) is 17.8. The fourth-order valence-corrected chi connectivity index (χ4v) is 7.76. The minimum atomic E-state index is -4.79. The second kappa shape index (κ2) is 13.4. The van der Waals surface area contributed by atoms with Crippen molar-refractivity contribution in [1.82, 2.24) is 14.5 Å². The van der Waals surface area contributed by atoms with E-state index in [9.17, 15) is 27.5 Å². The van der Waals surface area contributed by atoms with E-state index in [2.05, 4.69) is 4.98 Å². The molecular formula is C37H38F2N4O8S. The van der Waals surface area contributed by atoms with Crippen molar-refractivity contribution < 1.29 is 41.0 Å². The number of β-amino-alcohol motifs (C(OH)–C–C–N with tert-alkyl or cyclic N) is 1. The molecule has 0 spiro atoms. The summed E-state index contributed by atoms with van der Waals surface area (Å²) >= 11 is 0. The fraction of sp³-hybridized carbons (Fsp3) is 0.324. The van der Waals surface area contributed by atoms with Crippen LogP contribution in [0.2, 0.25) is 0 Å². The number of fused-ring (bicyclic) bond motifs is 1. The number of ether oxygens (including phenoxy) is 2. The van der Waals surface area contributed by atoms with Crippen LogP contribution >= 0.6 is 0 Å². The van der Waals surface area contributed by atoms with Crippen molar-refractivity contribution in [2.24, 2.45) is 0 Å². The molecule has 0 bridgehead atoms. The molecule has 0 radical (unpaired) electrons. The smallest absolute Gasteiger partial charge is 0.420 e. The average Bonchev–Trinajstić information content (AvgIpc) is 3.38. The van der Waals surface area contributed by atoms with Gasteiger partial charge in [0.1, 0.15) is 33.5 Å². The van der Waals surface area contributed by atoms with Crippen LogP contribution in [0.25, 0.3) is 11.1 Å². The number of carbonyl (C=O) groups excluding carboxylic acids is 1. The SMILES string of the molecule is COc1ccc(CN(c2cccc(F)n2)S(=O)(=O)c2cc3oc(=O)n([C@H](C)c4ccccc4C4(O)CN(C(=O)OC(C)(C)C)C4)c3cc2F)c(C)c1. The Hall–Kier alpha value is -5.28. The third-order valence-electron chi connectivity index (χ3n) is 8.91. The third kappa shape index (κ3) is 6.85. The molecule has 1 aliphatic rings. The Morgan fingerprint density at radius 1 is 1.08 bits per heavy atom. The van der Waals surface area contributed by atoms with Crippen LogP contribution in [0.15, 0.2) is 86.9 Å². The van der Waals surface area contributed by atoms with E-state index in [4.69, 9.17) is 13.9 Å². The van der Waals surface area contributed by atoms with E-state index in [1.54, 1.807) is 77.1 Å². The number of benzene rings is 3. The van der Waals surface area contributed by atoms with Crippen molar-refractivity contribution >= 4 is 33.0 Å². The molecule has 3 heterocycles. The first kappa shape index (κ1) is 36.5. The maximum atomic E-state index is 16.1. The van der Waals surface area contributed by atoms with Crippen molar-refractivity contribution in [2.75, 3.05) is 24.5 Å². The maximum Gasteiger partial charge on any atom is 0.420 e. The number of anilines is 1. The topological polar surface area (TPSA) is 144 Å². The minimum absolute atomic E-state index is 0.0406. The standard InChI is InChI=1S/C37H38F2N4O8S/c1-22-16-25(49-6)15-14-24(22)19-42(33-13-9-12-32(39)40-33)52(47,48)31-18-30-29(17-28(31)38)43(35(45)50-30)23(2)26-10-7-8-11-27(26)37(46)20-41(21-37)34(44)51-36(3,4)5/h7-18,23,46H,19-21H2,1-6H3/t23-/m1/s1. The van der Waals surface area contributed by atoms with Gasteiger partial charge < -0.3 is 23.9 Å². The van der Waals surface area contributed by atoms with Gasteiger partial charge in [0.25, 0.3) is 10.0 Å². The van der Waals surface area contributed by atoms with Gasteiger partial charge in [0, 0.05) is 12.1 Å². The van der Waals surface area contributed by atoms with Crippen molar-refractivity contribution in [1.29, 1.82) is 0 Å². The summed E-state index contributed by atoms with van der Waals surface area (Å²) in [5, 5.41) is 11.6. The van der Waals surface area contributed by atoms with Crippen LogP contribution in [0.3, 0.4) is 0 Å². The number of rotatable bonds is 9. The molecule has 274 valence electrons. The number of hydrogen-bond donors (Lipinski definition) is 1. The normalized spacial score (nSPS) is 14.9. The zero-order valence-corrected chi connectivity index (χ0v) is 30.2. The molecule has 1 N–H and O–H groups in total. The molecule has 1 atom stereocenters. The molecule has 1 saturated heterocycles. The van der Waals surface area contributed by atoms with Crippen molar-refractivity contribution in [3.63, 3.8) is 0 Å². The molecule has 6 rings (SSSR count). The number of sulfonamides is 1. The third-order valence-corrected chi connectivity index (χ3v) is 10.7. The Bertz CT molecular complexity index is 2350. The first-order valence-electron chi connectivity index (χ1n) is 16.3. The van der Waals surface area contributed by atoms with E-state index in [0.717, 1.165) is 27.1 Å². The predicted molar refractivity (Wildman–Crippen MR) is 188 cm³/mol. The Kier molecular flexibility index (Phi) is 9.38. The van der Waals surface area contributed by atoms with Gasteiger partial charge in [-0.25, -0.2) is 31.7 Å². The molecule has 2 aromatic heterocycles. The number of oxazole rings is 1. The number of halogens is 2. The molecular weight excluding hydrogens is 698 g/mol. The van der Waals surface area contributed by atoms with Gasteiger partial charge in [0.05, 0.1) is 38.3 Å². The second-order valence-corrected chi connectivity index (χ2v) is 15.6. The molecule has 3 aromatic carbocycles. The highest BCUT2D eigenvalue weighted by atomic mass is 32.2. The zero-order valence-electron chi connectivity index (χ0n) is 29.4. The number of pyridine rings is 1. The van der Waals surface area contributed by atoms with Crippen LogP contribution in [0.1, 0.15) is 56.0 Å². The van der Waals surface area contributed by atoms with E-state index in [1.165, 1.54) is 24.1 Å². The molecule has 1 fully saturated rings. The number of hydrogen-bond acceptors (Lipinski definition) is 9. The van der Waals surface area contributed by atoms with Gasteiger partial charge in [-0.15, -0.1) is 0 Å². The summed E-state index contributed by atoms with van der Waals surface area (Å²) in [6.07, 6.45) is -0.577. The molecule has 1 amide bonds. The van der Waals surface area contributed by atoms with E-state index in [1.807, 2.05) is 0 Å². The minimum Gasteiger partial charge on any atom is -0.497 e. The number of nitrogens with zero attached hydrogens (tertiary/aromatic N) is 4. The maximum absolute atomic E-state index is 16.1. The van der Waals surface area contributed by atoms with Crippen molar-refractivity contribution in [3.8, 4) is 5.75 Å². The van der Waals surface area contributed by atoms with Crippen molar-refractivity contribution in [2.45, 2.75) is 63.3 Å². The van der Waals surface area contributed by atoms with Crippen LogP contribution in [-0.2, 0) is 26.9 Å². The van der Waals surface area contributed by atoms with Gasteiger partial charge in [-0.3, -0.25) is 4.57 Å². The lowest BCUT2D eigenvalue weighted by Gasteiger charge is -2.47. The van der Waals surface area contributed by atoms with E-state index in [-0.39, 0.29) is 36.6 Å². The Balaban J connectivity index is 1.37. The van der Waals surface area contributed by atoms with Gasteiger partial charge >= 0.3 is 11.8 Å².